The molecule has 0 spiro atoms. The van der Waals surface area contributed by atoms with Gasteiger partial charge in [0.2, 0.25) is 0 Å². The normalized spacial score (nSPS) is 12.1. The third-order valence-corrected chi connectivity index (χ3v) is 21.7. The summed E-state index contributed by atoms with van der Waals surface area (Å²) in [5, 5.41) is 0. The van der Waals surface area contributed by atoms with Crippen LogP contribution in [0.1, 0.15) is 314 Å². The van der Waals surface area contributed by atoms with Crippen LogP contribution in [0.4, 0.5) is 0 Å². The second-order valence-corrected chi connectivity index (χ2v) is 28.2. The van der Waals surface area contributed by atoms with E-state index >= 15 is 19.2 Å². The Balaban J connectivity index is 8.63. The third-order valence-electron chi connectivity index (χ3n) is 16.7. The van der Waals surface area contributed by atoms with Gasteiger partial charge >= 0.3 is 468 Å². The second kappa shape index (κ2) is 41.1. The van der Waals surface area contributed by atoms with Crippen LogP contribution in [0.3, 0.4) is 0 Å². The molecule has 0 atom stereocenters. The Morgan fingerprint density at radius 1 is 0.222 bits per heavy atom. The van der Waals surface area contributed by atoms with Crippen molar-refractivity contribution in [3.05, 3.63) is 0 Å². The topological polar surface area (TPSA) is 242 Å². The molecule has 0 N–H and O–H groups in total. The summed E-state index contributed by atoms with van der Waals surface area (Å²) in [6.45, 7) is 16.0. The van der Waals surface area contributed by atoms with Crippen LogP contribution in [0.25, 0.3) is 0 Å². The number of Topliss-reactive ketones (excluding diaryl/α,β-unsaturated/α-hetero) is 8. The molecule has 0 aromatic heterocycles. The summed E-state index contributed by atoms with van der Waals surface area (Å²) >= 11 is -7.99. The van der Waals surface area contributed by atoms with E-state index in [1.165, 1.54) is 0 Å². The molecule has 0 amide bonds. The molecule has 0 aliphatic heterocycles. The van der Waals surface area contributed by atoms with Crippen molar-refractivity contribution in [2.75, 3.05) is 0 Å². The number of carbonyl (C=O) groups excluding carboxylic acids is 12. The Kier molecular flexibility index (Phi) is 39.1. The van der Waals surface area contributed by atoms with Crippen LogP contribution in [0, 0.1) is 21.7 Å². The van der Waals surface area contributed by atoms with E-state index in [9.17, 15) is 38.4 Å². The fourth-order valence-corrected chi connectivity index (χ4v) is 16.3. The van der Waals surface area contributed by atoms with Crippen LogP contribution in [-0.4, -0.2) is 90.2 Å². The number of rotatable bonds is 52. The first-order valence-corrected chi connectivity index (χ1v) is 36.0. The van der Waals surface area contributed by atoms with Crippen molar-refractivity contribution >= 4 is 90.2 Å². The Bertz CT molecular complexity index is 1700. The average molecular weight is 1250 g/mol. The molecule has 0 saturated carbocycles. The van der Waals surface area contributed by atoms with E-state index < -0.39 is 138 Å². The van der Waals surface area contributed by atoms with Gasteiger partial charge in [-0.25, -0.2) is 0 Å². The molecule has 16 nitrogen and oxygen atoms in total. The zero-order valence-corrected chi connectivity index (χ0v) is 55.3. The van der Waals surface area contributed by atoms with E-state index in [0.29, 0.717) is 51.4 Å². The monoisotopic (exact) mass is 1250 g/mol. The molecule has 17 heteroatoms. The number of ketones is 8. The fraction of sp³-hybridized carbons (Fsp3) is 0.812. The SMILES string of the molecule is CCCCCCCCCCC(C(C)=O)(C(C)=O)C(=O)[O][Sn]([O]C(=O)C(CCCCCCCCCC)(C(C)=O)C(C)=O)([O]C(=O)C(CCCCCCCCCC)(C(C)=O)C(C)=O)[O]C(=O)C(CCCCCCCCCC)(C(C)=O)C(C)=O. The minimum atomic E-state index is -7.99. The van der Waals surface area contributed by atoms with Crippen molar-refractivity contribution in [2.45, 2.75) is 314 Å². The molecule has 0 aromatic carbocycles. The first-order valence-electron chi connectivity index (χ1n) is 31.3. The first-order chi connectivity index (χ1) is 38.3. The Morgan fingerprint density at radius 3 is 0.469 bits per heavy atom. The van der Waals surface area contributed by atoms with Crippen molar-refractivity contribution in [1.29, 1.82) is 0 Å². The van der Waals surface area contributed by atoms with Gasteiger partial charge in [-0.1, -0.05) is 27.7 Å². The van der Waals surface area contributed by atoms with Crippen molar-refractivity contribution in [1.82, 2.24) is 0 Å². The van der Waals surface area contributed by atoms with Gasteiger partial charge in [0.05, 0.1) is 0 Å². The van der Waals surface area contributed by atoms with Crippen molar-refractivity contribution in [2.24, 2.45) is 21.7 Å². The molecule has 464 valence electrons. The molecule has 0 rings (SSSR count). The Labute approximate surface area is 493 Å². The molecular weight excluding hydrogens is 1140 g/mol. The Hall–Kier alpha value is -3.96. The van der Waals surface area contributed by atoms with Gasteiger partial charge in [0.1, 0.15) is 0 Å². The fourth-order valence-electron chi connectivity index (χ4n) is 11.0. The third kappa shape index (κ3) is 23.9. The van der Waals surface area contributed by atoms with E-state index in [-0.39, 0.29) is 25.7 Å². The van der Waals surface area contributed by atoms with E-state index in [0.717, 1.165) is 184 Å². The molecule has 0 radical (unpaired) electrons. The van der Waals surface area contributed by atoms with Gasteiger partial charge in [0.25, 0.3) is 0 Å². The summed E-state index contributed by atoms with van der Waals surface area (Å²) in [5.41, 5.74) is -10.9. The molecule has 0 aliphatic carbocycles. The number of hydrogen-bond acceptors (Lipinski definition) is 16. The maximum atomic E-state index is 15.3. The van der Waals surface area contributed by atoms with Crippen LogP contribution >= 0.6 is 0 Å². The summed E-state index contributed by atoms with van der Waals surface area (Å²) in [6.07, 6.45) is 22.4. The van der Waals surface area contributed by atoms with Gasteiger partial charge in [-0.15, -0.1) is 0 Å². The van der Waals surface area contributed by atoms with Crippen LogP contribution in [-0.2, 0) is 69.8 Å². The summed E-state index contributed by atoms with van der Waals surface area (Å²) in [5.74, 6) is -15.5. The summed E-state index contributed by atoms with van der Waals surface area (Å²) < 4.78 is 24.1. The van der Waals surface area contributed by atoms with Gasteiger partial charge < -0.3 is 0 Å². The quantitative estimate of drug-likeness (QED) is 0.0312. The van der Waals surface area contributed by atoms with E-state index in [4.69, 9.17) is 12.3 Å². The number of carbonyl (C=O) groups is 12. The van der Waals surface area contributed by atoms with E-state index in [1.807, 2.05) is 0 Å². The predicted molar refractivity (Wildman–Crippen MR) is 314 cm³/mol. The summed E-state index contributed by atoms with van der Waals surface area (Å²) in [7, 11) is 0. The van der Waals surface area contributed by atoms with Crippen molar-refractivity contribution in [3.8, 4) is 0 Å². The van der Waals surface area contributed by atoms with E-state index in [2.05, 4.69) is 27.7 Å². The molecular formula is C64H108O16Sn. The molecule has 0 unspecified atom stereocenters. The predicted octanol–water partition coefficient (Wildman–Crippen LogP) is 14.4. The molecule has 0 saturated heterocycles. The zero-order chi connectivity index (χ0) is 61.7. The molecule has 0 heterocycles. The minimum absolute atomic E-state index is 0.104. The number of unbranched alkanes of at least 4 members (excludes halogenated alkanes) is 28. The van der Waals surface area contributed by atoms with Crippen LogP contribution in [0.15, 0.2) is 0 Å². The average Bonchev–Trinajstić information content (AvgIpc) is 3.38. The standard InChI is InChI=1S/4C16H28O4.Sn/c4*1-4-5-6-7-8-9-10-11-12-16(13(2)17,14(3)18)15(19)20;/h4*4-12H2,1-3H3,(H,19,20);/q;;;;+4/p-4. The molecule has 0 fully saturated rings. The van der Waals surface area contributed by atoms with Crippen LogP contribution in [0.2, 0.25) is 0 Å². The van der Waals surface area contributed by atoms with Gasteiger partial charge in [0.15, 0.2) is 0 Å². The Morgan fingerprint density at radius 2 is 0.346 bits per heavy atom. The summed E-state index contributed by atoms with van der Waals surface area (Å²) in [4.78, 5) is 173. The van der Waals surface area contributed by atoms with Gasteiger partial charge in [-0.2, -0.15) is 0 Å². The van der Waals surface area contributed by atoms with Crippen molar-refractivity contribution in [3.63, 3.8) is 0 Å². The van der Waals surface area contributed by atoms with Gasteiger partial charge in [-0.05, 0) is 0 Å². The van der Waals surface area contributed by atoms with E-state index in [1.54, 1.807) is 0 Å². The van der Waals surface area contributed by atoms with Crippen molar-refractivity contribution < 1.29 is 69.8 Å². The van der Waals surface area contributed by atoms with Gasteiger partial charge in [0, 0.05) is 0 Å². The second-order valence-electron chi connectivity index (χ2n) is 23.0. The zero-order valence-electron chi connectivity index (χ0n) is 52.5. The van der Waals surface area contributed by atoms with Crippen LogP contribution < -0.4 is 0 Å². The number of hydrogen-bond donors (Lipinski definition) is 0. The molecule has 0 aromatic rings. The first kappa shape index (κ1) is 77.0. The molecule has 81 heavy (non-hydrogen) atoms. The molecule has 0 aliphatic rings. The summed E-state index contributed by atoms with van der Waals surface area (Å²) in [6, 6.07) is 0. The van der Waals surface area contributed by atoms with Gasteiger partial charge in [-0.3, -0.25) is 0 Å². The maximum absolute atomic E-state index is 15.3. The van der Waals surface area contributed by atoms with Crippen LogP contribution in [0.5, 0.6) is 0 Å². The molecule has 0 bridgehead atoms.